The maximum Gasteiger partial charge on any atom is 0.244 e. The van der Waals surface area contributed by atoms with Crippen molar-refractivity contribution in [1.82, 2.24) is 19.8 Å². The molecule has 0 bridgehead atoms. The van der Waals surface area contributed by atoms with Gasteiger partial charge in [-0.25, -0.2) is 13.1 Å². The van der Waals surface area contributed by atoms with Crippen molar-refractivity contribution in [2.24, 2.45) is 0 Å². The Balaban J connectivity index is 2.21. The molecule has 2 aromatic heterocycles. The lowest BCUT2D eigenvalue weighted by molar-refractivity contribution is 0.498. The van der Waals surface area contributed by atoms with E-state index in [0.29, 0.717) is 23.7 Å². The van der Waals surface area contributed by atoms with E-state index in [1.165, 1.54) is 6.26 Å². The lowest BCUT2D eigenvalue weighted by Gasteiger charge is -2.07. The maximum atomic E-state index is 12.4. The largest absolute Gasteiger partial charge is 0.468 e. The Morgan fingerprint density at radius 3 is 2.76 bits per heavy atom. The third-order valence-corrected chi connectivity index (χ3v) is 4.83. The van der Waals surface area contributed by atoms with Gasteiger partial charge in [-0.2, -0.15) is 5.10 Å². The summed E-state index contributed by atoms with van der Waals surface area (Å²) in [5.41, 5.74) is 1.13. The van der Waals surface area contributed by atoms with E-state index in [1.54, 1.807) is 30.7 Å². The minimum absolute atomic E-state index is 0.121. The van der Waals surface area contributed by atoms with E-state index >= 15 is 0 Å². The van der Waals surface area contributed by atoms with Crippen LogP contribution in [0.5, 0.6) is 0 Å². The van der Waals surface area contributed by atoms with Crippen LogP contribution in [0.15, 0.2) is 27.7 Å². The van der Waals surface area contributed by atoms with Crippen LogP contribution in [0.25, 0.3) is 0 Å². The zero-order valence-corrected chi connectivity index (χ0v) is 13.2. The Hall–Kier alpha value is -1.64. The van der Waals surface area contributed by atoms with E-state index < -0.39 is 10.0 Å². The summed E-state index contributed by atoms with van der Waals surface area (Å²) in [6, 6.07) is 3.44. The van der Waals surface area contributed by atoms with Crippen LogP contribution in [-0.2, 0) is 23.1 Å². The summed E-state index contributed by atoms with van der Waals surface area (Å²) in [5, 5.41) is 7.31. The monoisotopic (exact) mass is 312 g/mol. The lowest BCUT2D eigenvalue weighted by atomic mass is 10.4. The lowest BCUT2D eigenvalue weighted by Crippen LogP contribution is -2.24. The van der Waals surface area contributed by atoms with Gasteiger partial charge in [0, 0.05) is 6.54 Å². The van der Waals surface area contributed by atoms with Crippen molar-refractivity contribution >= 4 is 10.0 Å². The van der Waals surface area contributed by atoms with Crippen LogP contribution in [0, 0.1) is 13.8 Å². The quantitative estimate of drug-likeness (QED) is 0.789. The molecule has 0 radical (unpaired) electrons. The van der Waals surface area contributed by atoms with Crippen molar-refractivity contribution < 1.29 is 12.8 Å². The van der Waals surface area contributed by atoms with Crippen LogP contribution in [-0.4, -0.2) is 31.8 Å². The second-order valence-electron chi connectivity index (χ2n) is 4.73. The molecule has 0 aliphatic heterocycles. The average Bonchev–Trinajstić information content (AvgIpc) is 3.03. The molecule has 0 saturated carbocycles. The predicted molar refractivity (Wildman–Crippen MR) is 78.4 cm³/mol. The van der Waals surface area contributed by atoms with E-state index in [1.807, 2.05) is 7.05 Å². The number of nitrogens with one attached hydrogen (secondary N) is 2. The highest BCUT2D eigenvalue weighted by atomic mass is 32.2. The molecule has 0 amide bonds. The fourth-order valence-corrected chi connectivity index (χ4v) is 3.56. The highest BCUT2D eigenvalue weighted by molar-refractivity contribution is 7.89. The van der Waals surface area contributed by atoms with Gasteiger partial charge in [-0.1, -0.05) is 0 Å². The van der Waals surface area contributed by atoms with Gasteiger partial charge in [-0.15, -0.1) is 0 Å². The standard InChI is InChI=1S/C13H20N4O3S/c1-10-13(11(2)17(16-10)7-6-14-3)21(18,19)15-9-12-5-4-8-20-12/h4-5,8,14-15H,6-7,9H2,1-3H3. The van der Waals surface area contributed by atoms with Crippen LogP contribution < -0.4 is 10.0 Å². The average molecular weight is 312 g/mol. The van der Waals surface area contributed by atoms with Crippen LogP contribution in [0.3, 0.4) is 0 Å². The summed E-state index contributed by atoms with van der Waals surface area (Å²) < 4.78 is 34.2. The number of aryl methyl sites for hydroxylation is 1. The summed E-state index contributed by atoms with van der Waals surface area (Å²) in [4.78, 5) is 0.241. The highest BCUT2D eigenvalue weighted by Gasteiger charge is 2.24. The van der Waals surface area contributed by atoms with E-state index in [4.69, 9.17) is 4.42 Å². The molecule has 8 heteroatoms. The SMILES string of the molecule is CNCCn1nc(C)c(S(=O)(=O)NCc2ccco2)c1C. The number of likely N-dealkylation sites (N-methyl/N-ethyl adjacent to an activating group) is 1. The van der Waals surface area contributed by atoms with Crippen molar-refractivity contribution in [2.45, 2.75) is 31.8 Å². The van der Waals surface area contributed by atoms with Gasteiger partial charge < -0.3 is 9.73 Å². The van der Waals surface area contributed by atoms with Crippen molar-refractivity contribution in [2.75, 3.05) is 13.6 Å². The van der Waals surface area contributed by atoms with Crippen molar-refractivity contribution in [3.63, 3.8) is 0 Å². The highest BCUT2D eigenvalue weighted by Crippen LogP contribution is 2.19. The first-order chi connectivity index (χ1) is 9.95. The minimum Gasteiger partial charge on any atom is -0.468 e. The fraction of sp³-hybridized carbons (Fsp3) is 0.462. The Labute approximate surface area is 124 Å². The molecule has 116 valence electrons. The molecule has 0 fully saturated rings. The summed E-state index contributed by atoms with van der Waals surface area (Å²) in [6.07, 6.45) is 1.51. The number of furan rings is 1. The van der Waals surface area contributed by atoms with Crippen molar-refractivity contribution in [3.8, 4) is 0 Å². The molecule has 2 heterocycles. The summed E-state index contributed by atoms with van der Waals surface area (Å²) in [5.74, 6) is 0.566. The maximum absolute atomic E-state index is 12.4. The number of nitrogens with zero attached hydrogens (tertiary/aromatic N) is 2. The Morgan fingerprint density at radius 1 is 1.38 bits per heavy atom. The van der Waals surface area contributed by atoms with Gasteiger partial charge in [-0.05, 0) is 33.0 Å². The molecule has 0 aliphatic carbocycles. The van der Waals surface area contributed by atoms with E-state index in [9.17, 15) is 8.42 Å². The van der Waals surface area contributed by atoms with Gasteiger partial charge in [0.2, 0.25) is 10.0 Å². The van der Waals surface area contributed by atoms with E-state index in [2.05, 4.69) is 15.1 Å². The molecule has 2 rings (SSSR count). The molecule has 7 nitrogen and oxygen atoms in total. The molecule has 2 N–H and O–H groups in total. The molecule has 0 aliphatic rings. The molecular weight excluding hydrogens is 292 g/mol. The number of sulfonamides is 1. The third-order valence-electron chi connectivity index (χ3n) is 3.17. The topological polar surface area (TPSA) is 89.2 Å². The first-order valence-electron chi connectivity index (χ1n) is 6.66. The predicted octanol–water partition coefficient (Wildman–Crippen LogP) is 0.791. The van der Waals surface area contributed by atoms with Crippen LogP contribution in [0.1, 0.15) is 17.1 Å². The van der Waals surface area contributed by atoms with Gasteiger partial charge in [0.25, 0.3) is 0 Å². The number of hydrogen-bond acceptors (Lipinski definition) is 5. The van der Waals surface area contributed by atoms with Gasteiger partial charge in [0.15, 0.2) is 0 Å². The van der Waals surface area contributed by atoms with E-state index in [0.717, 1.165) is 6.54 Å². The third kappa shape index (κ3) is 3.52. The Morgan fingerprint density at radius 2 is 2.14 bits per heavy atom. The summed E-state index contributed by atoms with van der Waals surface area (Å²) in [6.45, 7) is 4.93. The molecule has 0 spiro atoms. The molecular formula is C13H20N4O3S. The molecule has 2 aromatic rings. The molecule has 0 saturated heterocycles. The zero-order chi connectivity index (χ0) is 15.5. The minimum atomic E-state index is -3.62. The fourth-order valence-electron chi connectivity index (χ4n) is 2.16. The molecule has 21 heavy (non-hydrogen) atoms. The van der Waals surface area contributed by atoms with Gasteiger partial charge in [0.05, 0.1) is 30.7 Å². The first kappa shape index (κ1) is 15.7. The second kappa shape index (κ2) is 6.42. The second-order valence-corrected chi connectivity index (χ2v) is 6.43. The number of aromatic nitrogens is 2. The number of rotatable bonds is 7. The van der Waals surface area contributed by atoms with Crippen molar-refractivity contribution in [1.29, 1.82) is 0 Å². The molecule has 0 unspecified atom stereocenters. The smallest absolute Gasteiger partial charge is 0.244 e. The summed E-state index contributed by atoms with van der Waals surface area (Å²) in [7, 11) is -1.77. The normalized spacial score (nSPS) is 12.0. The van der Waals surface area contributed by atoms with Crippen LogP contribution in [0.4, 0.5) is 0 Å². The Kier molecular flexibility index (Phi) is 4.81. The van der Waals surface area contributed by atoms with Gasteiger partial charge >= 0.3 is 0 Å². The molecule has 0 atom stereocenters. The van der Waals surface area contributed by atoms with Gasteiger partial charge in [0.1, 0.15) is 10.7 Å². The van der Waals surface area contributed by atoms with Crippen LogP contribution >= 0.6 is 0 Å². The van der Waals surface area contributed by atoms with Gasteiger partial charge in [-0.3, -0.25) is 4.68 Å². The zero-order valence-electron chi connectivity index (χ0n) is 12.4. The van der Waals surface area contributed by atoms with E-state index in [-0.39, 0.29) is 11.4 Å². The summed E-state index contributed by atoms with van der Waals surface area (Å²) >= 11 is 0. The number of hydrogen-bond donors (Lipinski definition) is 2. The molecule has 0 aromatic carbocycles. The van der Waals surface area contributed by atoms with Crippen LogP contribution in [0.2, 0.25) is 0 Å². The Bertz CT molecular complexity index is 689. The van der Waals surface area contributed by atoms with Crippen molar-refractivity contribution in [3.05, 3.63) is 35.5 Å². The first-order valence-corrected chi connectivity index (χ1v) is 8.14.